The van der Waals surface area contributed by atoms with Gasteiger partial charge in [0.05, 0.1) is 22.7 Å². The number of ketones is 1. The molecule has 0 saturated carbocycles. The van der Waals surface area contributed by atoms with Crippen molar-refractivity contribution < 1.29 is 19.0 Å². The number of benzene rings is 3. The third-order valence-corrected chi connectivity index (χ3v) is 5.16. The summed E-state index contributed by atoms with van der Waals surface area (Å²) in [6, 6.07) is 17.9. The van der Waals surface area contributed by atoms with E-state index in [1.807, 2.05) is 30.3 Å². The summed E-state index contributed by atoms with van der Waals surface area (Å²) in [5.74, 6) is 1.86. The van der Waals surface area contributed by atoms with Gasteiger partial charge in [0.2, 0.25) is 5.78 Å². The maximum Gasteiger partial charge on any atom is 0.231 e. The van der Waals surface area contributed by atoms with Crippen LogP contribution in [0.1, 0.15) is 21.5 Å². The first-order valence-electron chi connectivity index (χ1n) is 8.82. The fraction of sp³-hybridized carbons (Fsp3) is 0.0870. The summed E-state index contributed by atoms with van der Waals surface area (Å²) < 4.78 is 16.8. The molecule has 0 radical (unpaired) electrons. The highest BCUT2D eigenvalue weighted by molar-refractivity contribution is 6.42. The Hall–Kier alpha value is -2.95. The number of hydrogen-bond acceptors (Lipinski definition) is 4. The Morgan fingerprint density at radius 1 is 0.966 bits per heavy atom. The normalized spacial score (nSPS) is 13.9. The minimum Gasteiger partial charge on any atom is -0.497 e. The molecule has 4 rings (SSSR count). The van der Waals surface area contributed by atoms with Crippen LogP contribution >= 0.6 is 23.2 Å². The van der Waals surface area contributed by atoms with Gasteiger partial charge in [0.25, 0.3) is 0 Å². The highest BCUT2D eigenvalue weighted by Gasteiger charge is 2.27. The number of fused-ring (bicyclic) bond motifs is 1. The maximum absolute atomic E-state index is 12.6. The van der Waals surface area contributed by atoms with Crippen molar-refractivity contribution >= 4 is 35.1 Å². The van der Waals surface area contributed by atoms with Gasteiger partial charge in [0.1, 0.15) is 23.9 Å². The number of methoxy groups -OCH3 is 1. The first kappa shape index (κ1) is 19.4. The molecule has 0 amide bonds. The van der Waals surface area contributed by atoms with Crippen LogP contribution in [-0.2, 0) is 6.61 Å². The van der Waals surface area contributed by atoms with Crippen LogP contribution in [-0.4, -0.2) is 12.9 Å². The van der Waals surface area contributed by atoms with E-state index in [0.29, 0.717) is 39.5 Å². The Balaban J connectivity index is 1.50. The number of rotatable bonds is 5. The number of carbonyl (C=O) groups excluding carboxylic acids is 1. The fourth-order valence-electron chi connectivity index (χ4n) is 2.94. The molecule has 6 heteroatoms. The van der Waals surface area contributed by atoms with Crippen molar-refractivity contribution in [3.8, 4) is 17.2 Å². The van der Waals surface area contributed by atoms with E-state index in [2.05, 4.69) is 0 Å². The van der Waals surface area contributed by atoms with Gasteiger partial charge in [-0.1, -0.05) is 41.4 Å². The summed E-state index contributed by atoms with van der Waals surface area (Å²) in [4.78, 5) is 12.6. The van der Waals surface area contributed by atoms with Crippen LogP contribution in [0.15, 0.2) is 66.4 Å². The number of halogens is 2. The molecule has 0 saturated heterocycles. The summed E-state index contributed by atoms with van der Waals surface area (Å²) in [7, 11) is 1.60. The molecule has 0 spiro atoms. The molecule has 0 N–H and O–H groups in total. The number of hydrogen-bond donors (Lipinski definition) is 0. The van der Waals surface area contributed by atoms with Gasteiger partial charge in [-0.15, -0.1) is 0 Å². The van der Waals surface area contributed by atoms with E-state index in [9.17, 15) is 4.79 Å². The lowest BCUT2D eigenvalue weighted by Gasteiger charge is -2.08. The van der Waals surface area contributed by atoms with Crippen molar-refractivity contribution in [2.24, 2.45) is 0 Å². The van der Waals surface area contributed by atoms with Crippen molar-refractivity contribution in [2.75, 3.05) is 7.11 Å². The van der Waals surface area contributed by atoms with Gasteiger partial charge in [-0.05, 0) is 53.6 Å². The standard InChI is InChI=1S/C23H16Cl2O4/c1-27-16-4-2-3-14(9-16)11-22-23(26)18-7-6-17(12-21(18)29-22)28-13-15-5-8-19(24)20(25)10-15/h2-12H,13H2,1H3. The molecule has 0 aliphatic carbocycles. The van der Waals surface area contributed by atoms with Gasteiger partial charge in [0.15, 0.2) is 5.76 Å². The monoisotopic (exact) mass is 426 g/mol. The van der Waals surface area contributed by atoms with Gasteiger partial charge in [-0.2, -0.15) is 0 Å². The smallest absolute Gasteiger partial charge is 0.231 e. The van der Waals surface area contributed by atoms with E-state index >= 15 is 0 Å². The topological polar surface area (TPSA) is 44.8 Å². The van der Waals surface area contributed by atoms with Crippen molar-refractivity contribution in [3.05, 3.63) is 93.2 Å². The van der Waals surface area contributed by atoms with Crippen molar-refractivity contribution in [1.82, 2.24) is 0 Å². The Labute approximate surface area is 178 Å². The van der Waals surface area contributed by atoms with Gasteiger partial charge in [-0.25, -0.2) is 0 Å². The molecule has 1 aliphatic heterocycles. The maximum atomic E-state index is 12.6. The highest BCUT2D eigenvalue weighted by Crippen LogP contribution is 2.35. The Morgan fingerprint density at radius 3 is 2.62 bits per heavy atom. The number of Topliss-reactive ketones (excluding diaryl/α,β-unsaturated/α-hetero) is 1. The molecule has 1 aliphatic rings. The Morgan fingerprint density at radius 2 is 1.83 bits per heavy atom. The van der Waals surface area contributed by atoms with Crippen LogP contribution < -0.4 is 14.2 Å². The summed E-state index contributed by atoms with van der Waals surface area (Å²) in [5, 5.41) is 0.971. The molecule has 0 fully saturated rings. The quantitative estimate of drug-likeness (QED) is 0.455. The second-order valence-electron chi connectivity index (χ2n) is 6.41. The van der Waals surface area contributed by atoms with E-state index in [1.165, 1.54) is 0 Å². The molecule has 29 heavy (non-hydrogen) atoms. The Kier molecular flexibility index (Phi) is 5.47. The lowest BCUT2D eigenvalue weighted by molar-refractivity contribution is 0.101. The van der Waals surface area contributed by atoms with E-state index < -0.39 is 0 Å². The van der Waals surface area contributed by atoms with E-state index in [1.54, 1.807) is 43.5 Å². The van der Waals surface area contributed by atoms with Crippen LogP contribution in [0.5, 0.6) is 17.2 Å². The molecular formula is C23H16Cl2O4. The molecule has 4 nitrogen and oxygen atoms in total. The molecule has 0 atom stereocenters. The number of carbonyl (C=O) groups is 1. The number of allylic oxidation sites excluding steroid dienone is 1. The summed E-state index contributed by atoms with van der Waals surface area (Å²) in [6.45, 7) is 0.316. The first-order valence-corrected chi connectivity index (χ1v) is 9.58. The van der Waals surface area contributed by atoms with Crippen LogP contribution in [0, 0.1) is 0 Å². The summed E-state index contributed by atoms with van der Waals surface area (Å²) in [5.41, 5.74) is 2.20. The zero-order chi connectivity index (χ0) is 20.4. The zero-order valence-electron chi connectivity index (χ0n) is 15.4. The minimum absolute atomic E-state index is 0.168. The molecule has 0 aromatic heterocycles. The molecule has 0 unspecified atom stereocenters. The van der Waals surface area contributed by atoms with Gasteiger partial charge in [-0.3, -0.25) is 4.79 Å². The largest absolute Gasteiger partial charge is 0.497 e. The first-order chi connectivity index (χ1) is 14.0. The summed E-state index contributed by atoms with van der Waals surface area (Å²) >= 11 is 12.0. The van der Waals surface area contributed by atoms with Crippen LogP contribution in [0.25, 0.3) is 6.08 Å². The SMILES string of the molecule is COc1cccc(C=C2Oc3cc(OCc4ccc(Cl)c(Cl)c4)ccc3C2=O)c1. The lowest BCUT2D eigenvalue weighted by Crippen LogP contribution is -1.98. The number of ether oxygens (including phenoxy) is 3. The van der Waals surface area contributed by atoms with E-state index in [-0.39, 0.29) is 11.5 Å². The summed E-state index contributed by atoms with van der Waals surface area (Å²) in [6.07, 6.45) is 1.70. The molecule has 3 aromatic carbocycles. The molecule has 146 valence electrons. The third kappa shape index (κ3) is 4.24. The molecular weight excluding hydrogens is 411 g/mol. The minimum atomic E-state index is -0.168. The second kappa shape index (κ2) is 8.19. The van der Waals surface area contributed by atoms with Crippen molar-refractivity contribution in [2.45, 2.75) is 6.61 Å². The average Bonchev–Trinajstić information content (AvgIpc) is 3.03. The van der Waals surface area contributed by atoms with Crippen LogP contribution in [0.4, 0.5) is 0 Å². The van der Waals surface area contributed by atoms with E-state index in [0.717, 1.165) is 11.1 Å². The lowest BCUT2D eigenvalue weighted by atomic mass is 10.1. The van der Waals surface area contributed by atoms with Crippen molar-refractivity contribution in [1.29, 1.82) is 0 Å². The average molecular weight is 427 g/mol. The predicted molar refractivity (Wildman–Crippen MR) is 113 cm³/mol. The highest BCUT2D eigenvalue weighted by atomic mass is 35.5. The molecule has 1 heterocycles. The van der Waals surface area contributed by atoms with Crippen LogP contribution in [0.3, 0.4) is 0 Å². The predicted octanol–water partition coefficient (Wildman–Crippen LogP) is 6.20. The van der Waals surface area contributed by atoms with Gasteiger partial charge >= 0.3 is 0 Å². The Bertz CT molecular complexity index is 1120. The molecule has 0 bridgehead atoms. The zero-order valence-corrected chi connectivity index (χ0v) is 17.0. The van der Waals surface area contributed by atoms with Gasteiger partial charge < -0.3 is 14.2 Å². The second-order valence-corrected chi connectivity index (χ2v) is 7.23. The fourth-order valence-corrected chi connectivity index (χ4v) is 3.26. The van der Waals surface area contributed by atoms with Crippen molar-refractivity contribution in [3.63, 3.8) is 0 Å². The van der Waals surface area contributed by atoms with E-state index in [4.69, 9.17) is 37.4 Å². The molecule has 3 aromatic rings. The van der Waals surface area contributed by atoms with Crippen LogP contribution in [0.2, 0.25) is 10.0 Å². The van der Waals surface area contributed by atoms with Gasteiger partial charge in [0, 0.05) is 6.07 Å². The third-order valence-electron chi connectivity index (χ3n) is 4.42.